The standard InChI is InChI=1S/C13H18N2O3/c1-3-13(2,8-16)7-14-9-4-5-11-10(6-9)15-12(17)18-11/h4-6,14,16H,3,7-8H2,1-2H3,(H,15,17). The lowest BCUT2D eigenvalue weighted by Crippen LogP contribution is -2.29. The monoisotopic (exact) mass is 250 g/mol. The van der Waals surface area contributed by atoms with E-state index in [4.69, 9.17) is 4.42 Å². The lowest BCUT2D eigenvalue weighted by Gasteiger charge is -2.26. The Morgan fingerprint density at radius 2 is 2.28 bits per heavy atom. The lowest BCUT2D eigenvalue weighted by atomic mass is 9.88. The molecule has 0 aliphatic rings. The Morgan fingerprint density at radius 1 is 1.50 bits per heavy atom. The molecule has 1 unspecified atom stereocenters. The van der Waals surface area contributed by atoms with E-state index in [0.717, 1.165) is 12.1 Å². The van der Waals surface area contributed by atoms with E-state index >= 15 is 0 Å². The van der Waals surface area contributed by atoms with Crippen molar-refractivity contribution in [2.75, 3.05) is 18.5 Å². The number of oxazole rings is 1. The predicted octanol–water partition coefficient (Wildman–Crippen LogP) is 1.94. The van der Waals surface area contributed by atoms with Crippen LogP contribution in [0.25, 0.3) is 11.1 Å². The van der Waals surface area contributed by atoms with E-state index < -0.39 is 5.76 Å². The minimum Gasteiger partial charge on any atom is -0.408 e. The highest BCUT2D eigenvalue weighted by molar-refractivity contribution is 5.76. The number of aromatic nitrogens is 1. The summed E-state index contributed by atoms with van der Waals surface area (Å²) < 4.78 is 4.93. The number of H-pyrrole nitrogens is 1. The van der Waals surface area contributed by atoms with Crippen LogP contribution >= 0.6 is 0 Å². The highest BCUT2D eigenvalue weighted by Crippen LogP contribution is 2.22. The maximum atomic E-state index is 11.0. The molecule has 5 nitrogen and oxygen atoms in total. The van der Waals surface area contributed by atoms with Gasteiger partial charge < -0.3 is 14.8 Å². The van der Waals surface area contributed by atoms with Crippen molar-refractivity contribution in [1.82, 2.24) is 4.98 Å². The third-order valence-corrected chi connectivity index (χ3v) is 3.37. The third kappa shape index (κ3) is 2.56. The van der Waals surface area contributed by atoms with Gasteiger partial charge in [0.25, 0.3) is 0 Å². The van der Waals surface area contributed by atoms with E-state index in [2.05, 4.69) is 17.2 Å². The molecule has 1 aromatic heterocycles. The summed E-state index contributed by atoms with van der Waals surface area (Å²) >= 11 is 0. The van der Waals surface area contributed by atoms with E-state index in [-0.39, 0.29) is 12.0 Å². The Balaban J connectivity index is 2.14. The van der Waals surface area contributed by atoms with Gasteiger partial charge in [-0.2, -0.15) is 0 Å². The van der Waals surface area contributed by atoms with Crippen molar-refractivity contribution in [2.45, 2.75) is 20.3 Å². The molecule has 1 atom stereocenters. The largest absolute Gasteiger partial charge is 0.417 e. The summed E-state index contributed by atoms with van der Waals surface area (Å²) in [4.78, 5) is 13.6. The van der Waals surface area contributed by atoms with Crippen LogP contribution in [0.4, 0.5) is 5.69 Å². The van der Waals surface area contributed by atoms with Crippen LogP contribution in [0.2, 0.25) is 0 Å². The van der Waals surface area contributed by atoms with E-state index in [0.29, 0.717) is 17.6 Å². The maximum Gasteiger partial charge on any atom is 0.417 e. The minimum absolute atomic E-state index is 0.140. The number of rotatable bonds is 5. The number of aliphatic hydroxyl groups is 1. The van der Waals surface area contributed by atoms with Crippen molar-refractivity contribution >= 4 is 16.8 Å². The molecule has 0 radical (unpaired) electrons. The van der Waals surface area contributed by atoms with Gasteiger partial charge in [-0.25, -0.2) is 4.79 Å². The van der Waals surface area contributed by atoms with Gasteiger partial charge in [-0.1, -0.05) is 13.8 Å². The van der Waals surface area contributed by atoms with Crippen LogP contribution in [0.3, 0.4) is 0 Å². The second-order valence-electron chi connectivity index (χ2n) is 4.90. The fourth-order valence-corrected chi connectivity index (χ4v) is 1.67. The molecule has 0 amide bonds. The van der Waals surface area contributed by atoms with Gasteiger partial charge in [-0.15, -0.1) is 0 Å². The van der Waals surface area contributed by atoms with Gasteiger partial charge in [0.05, 0.1) is 12.1 Å². The van der Waals surface area contributed by atoms with Gasteiger partial charge in [0.2, 0.25) is 0 Å². The molecule has 1 heterocycles. The van der Waals surface area contributed by atoms with Gasteiger partial charge in [-0.05, 0) is 24.6 Å². The Hall–Kier alpha value is -1.75. The first kappa shape index (κ1) is 12.7. The molecule has 18 heavy (non-hydrogen) atoms. The first-order chi connectivity index (χ1) is 8.56. The molecule has 0 saturated carbocycles. The van der Waals surface area contributed by atoms with Crippen LogP contribution in [0.1, 0.15) is 20.3 Å². The SMILES string of the molecule is CCC(C)(CO)CNc1ccc2oc(=O)[nH]c2c1. The van der Waals surface area contributed by atoms with E-state index in [1.807, 2.05) is 19.1 Å². The van der Waals surface area contributed by atoms with Crippen LogP contribution in [-0.2, 0) is 0 Å². The van der Waals surface area contributed by atoms with Gasteiger partial charge in [0.1, 0.15) is 0 Å². The van der Waals surface area contributed by atoms with Crippen molar-refractivity contribution in [3.8, 4) is 0 Å². The summed E-state index contributed by atoms with van der Waals surface area (Å²) in [5.74, 6) is -0.448. The molecule has 0 spiro atoms. The Labute approximate surface area is 105 Å². The normalized spacial score (nSPS) is 14.6. The van der Waals surface area contributed by atoms with Crippen molar-refractivity contribution in [3.05, 3.63) is 28.7 Å². The van der Waals surface area contributed by atoms with Crippen molar-refractivity contribution < 1.29 is 9.52 Å². The number of anilines is 1. The van der Waals surface area contributed by atoms with Crippen LogP contribution in [-0.4, -0.2) is 23.2 Å². The molecule has 0 aliphatic heterocycles. The van der Waals surface area contributed by atoms with Gasteiger partial charge in [0, 0.05) is 17.6 Å². The molecule has 5 heteroatoms. The minimum atomic E-state index is -0.448. The average molecular weight is 250 g/mol. The van der Waals surface area contributed by atoms with Crippen LogP contribution in [0.15, 0.2) is 27.4 Å². The molecular formula is C13H18N2O3. The summed E-state index contributed by atoms with van der Waals surface area (Å²) in [6, 6.07) is 5.43. The molecule has 2 rings (SSSR count). The highest BCUT2D eigenvalue weighted by Gasteiger charge is 2.20. The zero-order chi connectivity index (χ0) is 13.2. The number of benzene rings is 1. The second-order valence-corrected chi connectivity index (χ2v) is 4.90. The van der Waals surface area contributed by atoms with Crippen molar-refractivity contribution in [1.29, 1.82) is 0 Å². The predicted molar refractivity (Wildman–Crippen MR) is 70.8 cm³/mol. The van der Waals surface area contributed by atoms with Crippen LogP contribution < -0.4 is 11.1 Å². The number of aromatic amines is 1. The lowest BCUT2D eigenvalue weighted by molar-refractivity contribution is 0.149. The van der Waals surface area contributed by atoms with Crippen molar-refractivity contribution in [3.63, 3.8) is 0 Å². The molecule has 3 N–H and O–H groups in total. The zero-order valence-corrected chi connectivity index (χ0v) is 10.6. The summed E-state index contributed by atoms with van der Waals surface area (Å²) in [6.07, 6.45) is 0.890. The number of aliphatic hydroxyl groups excluding tert-OH is 1. The number of hydrogen-bond acceptors (Lipinski definition) is 4. The molecule has 0 aliphatic carbocycles. The molecular weight excluding hydrogens is 232 g/mol. The zero-order valence-electron chi connectivity index (χ0n) is 10.6. The van der Waals surface area contributed by atoms with Gasteiger partial charge in [0.15, 0.2) is 5.58 Å². The first-order valence-corrected chi connectivity index (χ1v) is 6.04. The second kappa shape index (κ2) is 4.86. The van der Waals surface area contributed by atoms with E-state index in [9.17, 15) is 9.90 Å². The fourth-order valence-electron chi connectivity index (χ4n) is 1.67. The quantitative estimate of drug-likeness (QED) is 0.757. The van der Waals surface area contributed by atoms with Gasteiger partial charge in [-0.3, -0.25) is 4.98 Å². The molecule has 98 valence electrons. The van der Waals surface area contributed by atoms with E-state index in [1.54, 1.807) is 6.07 Å². The Morgan fingerprint density at radius 3 is 2.94 bits per heavy atom. The molecule has 0 saturated heterocycles. The summed E-state index contributed by atoms with van der Waals surface area (Å²) in [7, 11) is 0. The number of fused-ring (bicyclic) bond motifs is 1. The fraction of sp³-hybridized carbons (Fsp3) is 0.462. The highest BCUT2D eigenvalue weighted by atomic mass is 16.4. The van der Waals surface area contributed by atoms with Crippen LogP contribution in [0, 0.1) is 5.41 Å². The topological polar surface area (TPSA) is 78.3 Å². The molecule has 0 fully saturated rings. The van der Waals surface area contributed by atoms with Crippen molar-refractivity contribution in [2.24, 2.45) is 5.41 Å². The smallest absolute Gasteiger partial charge is 0.408 e. The summed E-state index contributed by atoms with van der Waals surface area (Å²) in [5, 5.41) is 12.6. The first-order valence-electron chi connectivity index (χ1n) is 6.04. The summed E-state index contributed by atoms with van der Waals surface area (Å²) in [5.41, 5.74) is 1.98. The summed E-state index contributed by atoms with van der Waals surface area (Å²) in [6.45, 7) is 4.89. The third-order valence-electron chi connectivity index (χ3n) is 3.37. The average Bonchev–Trinajstić information content (AvgIpc) is 2.75. The number of nitrogens with one attached hydrogen (secondary N) is 2. The van der Waals surface area contributed by atoms with Crippen LogP contribution in [0.5, 0.6) is 0 Å². The Kier molecular flexibility index (Phi) is 3.43. The maximum absolute atomic E-state index is 11.0. The van der Waals surface area contributed by atoms with E-state index in [1.165, 1.54) is 0 Å². The molecule has 2 aromatic rings. The molecule has 1 aromatic carbocycles. The van der Waals surface area contributed by atoms with Gasteiger partial charge >= 0.3 is 5.76 Å². The Bertz CT molecular complexity index is 581. The number of hydrogen-bond donors (Lipinski definition) is 3. The molecule has 0 bridgehead atoms.